The van der Waals surface area contributed by atoms with Crippen LogP contribution in [0.1, 0.15) is 59.3 Å². The van der Waals surface area contributed by atoms with Gasteiger partial charge in [-0.05, 0) is 56.1 Å². The normalized spacial score (nSPS) is 51.6. The molecule has 1 saturated heterocycles. The van der Waals surface area contributed by atoms with Gasteiger partial charge >= 0.3 is 5.97 Å². The summed E-state index contributed by atoms with van der Waals surface area (Å²) in [5, 5.41) is 21.8. The van der Waals surface area contributed by atoms with Crippen LogP contribution >= 0.6 is 0 Å². The molecule has 0 unspecified atom stereocenters. The fourth-order valence-corrected chi connectivity index (χ4v) is 7.87. The number of carbonyl (C=O) groups excluding carboxylic acids is 1. The smallest absolute Gasteiger partial charge is 0.339 e. The number of carbonyl (C=O) groups is 2. The number of aliphatic hydroxyl groups is 1. The summed E-state index contributed by atoms with van der Waals surface area (Å²) >= 11 is 0. The SMILES string of the molecule is CCC[C@H]1O[C@H]2C[C@H]3[C@@H]4CCC5=CC(=O)C=C[C@]5(C)[C@H]4[C@H](O)C[C@]3(C)[C@]2(C(=O)O)O1. The number of carboxylic acids is 1. The number of rotatable bonds is 3. The largest absolute Gasteiger partial charge is 0.479 e. The first-order valence-electron chi connectivity index (χ1n) is 11.4. The van der Waals surface area contributed by atoms with Gasteiger partial charge in [-0.3, -0.25) is 4.79 Å². The first kappa shape index (κ1) is 20.4. The molecule has 0 bridgehead atoms. The summed E-state index contributed by atoms with van der Waals surface area (Å²) in [5.74, 6) is -0.722. The highest BCUT2D eigenvalue weighted by Gasteiger charge is 2.76. The van der Waals surface area contributed by atoms with Crippen LogP contribution in [0.15, 0.2) is 23.8 Å². The summed E-state index contributed by atoms with van der Waals surface area (Å²) in [6.07, 6.45) is 7.90. The van der Waals surface area contributed by atoms with E-state index < -0.39 is 35.5 Å². The molecule has 0 aromatic rings. The average Bonchev–Trinajstić information content (AvgIpc) is 3.15. The Hall–Kier alpha value is -1.50. The third kappa shape index (κ3) is 2.36. The molecule has 5 aliphatic rings. The number of allylic oxidation sites excluding steroid dienone is 4. The molecular formula is C24H32O6. The van der Waals surface area contributed by atoms with E-state index in [1.807, 2.05) is 19.9 Å². The molecule has 0 aromatic carbocycles. The number of aliphatic hydroxyl groups excluding tert-OH is 1. The summed E-state index contributed by atoms with van der Waals surface area (Å²) in [6, 6.07) is 0. The Balaban J connectivity index is 1.55. The van der Waals surface area contributed by atoms with Crippen LogP contribution in [-0.2, 0) is 19.1 Å². The van der Waals surface area contributed by atoms with E-state index >= 15 is 0 Å². The topological polar surface area (TPSA) is 93.1 Å². The van der Waals surface area contributed by atoms with Gasteiger partial charge in [0.25, 0.3) is 0 Å². The lowest BCUT2D eigenvalue weighted by molar-refractivity contribution is -0.210. The molecule has 1 heterocycles. The van der Waals surface area contributed by atoms with Gasteiger partial charge in [-0.2, -0.15) is 0 Å². The number of aliphatic carboxylic acids is 1. The lowest BCUT2D eigenvalue weighted by atomic mass is 9.46. The number of fused-ring (bicyclic) bond motifs is 7. The average molecular weight is 417 g/mol. The van der Waals surface area contributed by atoms with E-state index in [-0.39, 0.29) is 29.0 Å². The van der Waals surface area contributed by atoms with Gasteiger partial charge in [0.05, 0.1) is 6.10 Å². The summed E-state index contributed by atoms with van der Waals surface area (Å²) in [7, 11) is 0. The van der Waals surface area contributed by atoms with Crippen molar-refractivity contribution in [3.63, 3.8) is 0 Å². The number of hydrogen-bond donors (Lipinski definition) is 2. The molecule has 9 atom stereocenters. The molecule has 0 aromatic heterocycles. The standard InChI is InChI=1S/C24H32O6/c1-4-5-19-29-18-11-16-15-7-6-13-10-14(25)8-9-22(13,2)20(15)17(26)12-23(16,3)24(18,30-19)21(27)28/h8-10,15-20,26H,4-7,11-12H2,1-3H3,(H,27,28)/t15-,16-,17+,18-,19-,20+,22-,23-,24-/m0/s1. The van der Waals surface area contributed by atoms with E-state index in [4.69, 9.17) is 9.47 Å². The maximum Gasteiger partial charge on any atom is 0.339 e. The molecule has 4 fully saturated rings. The van der Waals surface area contributed by atoms with Crippen LogP contribution in [0.25, 0.3) is 0 Å². The van der Waals surface area contributed by atoms with Gasteiger partial charge in [0, 0.05) is 16.7 Å². The second kappa shape index (κ2) is 6.50. The van der Waals surface area contributed by atoms with Gasteiger partial charge in [0.15, 0.2) is 17.7 Å². The minimum Gasteiger partial charge on any atom is -0.479 e. The second-order valence-electron chi connectivity index (χ2n) is 10.4. The van der Waals surface area contributed by atoms with Gasteiger partial charge < -0.3 is 19.7 Å². The molecule has 0 amide bonds. The Morgan fingerprint density at radius 2 is 2.10 bits per heavy atom. The van der Waals surface area contributed by atoms with Crippen molar-refractivity contribution >= 4 is 11.8 Å². The molecular weight excluding hydrogens is 384 g/mol. The van der Waals surface area contributed by atoms with Crippen LogP contribution in [0.3, 0.4) is 0 Å². The van der Waals surface area contributed by atoms with Crippen LogP contribution in [0.4, 0.5) is 0 Å². The van der Waals surface area contributed by atoms with Crippen LogP contribution < -0.4 is 0 Å². The first-order chi connectivity index (χ1) is 14.2. The molecule has 2 N–H and O–H groups in total. The second-order valence-corrected chi connectivity index (χ2v) is 10.4. The molecule has 6 heteroatoms. The van der Waals surface area contributed by atoms with E-state index in [1.54, 1.807) is 12.2 Å². The van der Waals surface area contributed by atoms with E-state index in [2.05, 4.69) is 6.92 Å². The molecule has 164 valence electrons. The Bertz CT molecular complexity index is 847. The van der Waals surface area contributed by atoms with Crippen molar-refractivity contribution in [2.75, 3.05) is 0 Å². The van der Waals surface area contributed by atoms with Gasteiger partial charge in [-0.1, -0.05) is 38.8 Å². The Morgan fingerprint density at radius 3 is 2.80 bits per heavy atom. The minimum absolute atomic E-state index is 0.0139. The summed E-state index contributed by atoms with van der Waals surface area (Å²) < 4.78 is 12.4. The molecule has 0 spiro atoms. The fourth-order valence-electron chi connectivity index (χ4n) is 7.87. The number of hydrogen-bond acceptors (Lipinski definition) is 5. The highest BCUT2D eigenvalue weighted by molar-refractivity contribution is 6.01. The van der Waals surface area contributed by atoms with Crippen molar-refractivity contribution in [3.8, 4) is 0 Å². The monoisotopic (exact) mass is 416 g/mol. The summed E-state index contributed by atoms with van der Waals surface area (Å²) in [4.78, 5) is 24.6. The van der Waals surface area contributed by atoms with Crippen LogP contribution in [-0.4, -0.2) is 46.1 Å². The number of carboxylic acid groups (broad SMARTS) is 1. The molecule has 0 radical (unpaired) electrons. The van der Waals surface area contributed by atoms with E-state index in [0.717, 1.165) is 24.8 Å². The van der Waals surface area contributed by atoms with Gasteiger partial charge in [0.2, 0.25) is 0 Å². The predicted octanol–water partition coefficient (Wildman–Crippen LogP) is 3.24. The van der Waals surface area contributed by atoms with Crippen molar-refractivity contribution in [2.45, 2.75) is 83.4 Å². The van der Waals surface area contributed by atoms with Crippen molar-refractivity contribution < 1.29 is 29.3 Å². The maximum absolute atomic E-state index is 12.7. The van der Waals surface area contributed by atoms with Crippen molar-refractivity contribution in [1.29, 1.82) is 0 Å². The van der Waals surface area contributed by atoms with E-state index in [9.17, 15) is 19.8 Å². The predicted molar refractivity (Wildman–Crippen MR) is 108 cm³/mol. The summed E-state index contributed by atoms with van der Waals surface area (Å²) in [6.45, 7) is 6.15. The quantitative estimate of drug-likeness (QED) is 0.734. The highest BCUT2D eigenvalue weighted by Crippen LogP contribution is 2.69. The lowest BCUT2D eigenvalue weighted by Gasteiger charge is -2.59. The molecule has 3 saturated carbocycles. The van der Waals surface area contributed by atoms with Crippen molar-refractivity contribution in [2.24, 2.45) is 28.6 Å². The third-order valence-corrected chi connectivity index (χ3v) is 9.13. The molecule has 4 aliphatic carbocycles. The maximum atomic E-state index is 12.7. The van der Waals surface area contributed by atoms with E-state index in [0.29, 0.717) is 19.3 Å². The molecule has 30 heavy (non-hydrogen) atoms. The highest BCUT2D eigenvalue weighted by atomic mass is 16.7. The summed E-state index contributed by atoms with van der Waals surface area (Å²) in [5.41, 5.74) is -1.37. The van der Waals surface area contributed by atoms with Crippen LogP contribution in [0.2, 0.25) is 0 Å². The molecule has 5 rings (SSSR count). The number of ether oxygens (including phenoxy) is 2. The Morgan fingerprint density at radius 1 is 1.33 bits per heavy atom. The Labute approximate surface area is 177 Å². The zero-order valence-electron chi connectivity index (χ0n) is 18.0. The molecule has 1 aliphatic heterocycles. The van der Waals surface area contributed by atoms with Crippen molar-refractivity contribution in [3.05, 3.63) is 23.8 Å². The fraction of sp³-hybridized carbons (Fsp3) is 0.750. The van der Waals surface area contributed by atoms with E-state index in [1.165, 1.54) is 0 Å². The minimum atomic E-state index is -1.40. The van der Waals surface area contributed by atoms with Gasteiger partial charge in [-0.15, -0.1) is 0 Å². The zero-order chi connectivity index (χ0) is 21.5. The molecule has 6 nitrogen and oxygen atoms in total. The lowest BCUT2D eigenvalue weighted by Crippen LogP contribution is -2.63. The zero-order valence-corrected chi connectivity index (χ0v) is 18.0. The first-order valence-corrected chi connectivity index (χ1v) is 11.4. The van der Waals surface area contributed by atoms with Gasteiger partial charge in [0.1, 0.15) is 6.10 Å². The number of ketones is 1. The van der Waals surface area contributed by atoms with Crippen LogP contribution in [0.5, 0.6) is 0 Å². The third-order valence-electron chi connectivity index (χ3n) is 9.13. The Kier molecular flexibility index (Phi) is 4.42. The van der Waals surface area contributed by atoms with Crippen LogP contribution in [0, 0.1) is 28.6 Å². The van der Waals surface area contributed by atoms with Crippen molar-refractivity contribution in [1.82, 2.24) is 0 Å². The van der Waals surface area contributed by atoms with Gasteiger partial charge in [-0.25, -0.2) is 4.79 Å².